The predicted molar refractivity (Wildman–Crippen MR) is 114 cm³/mol. The van der Waals surface area contributed by atoms with Crippen molar-refractivity contribution >= 4 is 53.1 Å². The van der Waals surface area contributed by atoms with E-state index in [-0.39, 0.29) is 24.0 Å². The number of hydrogen-bond acceptors (Lipinski definition) is 4. The van der Waals surface area contributed by atoms with Gasteiger partial charge < -0.3 is 15.4 Å². The van der Waals surface area contributed by atoms with Crippen molar-refractivity contribution in [2.45, 2.75) is 20.0 Å². The van der Waals surface area contributed by atoms with Crippen LogP contribution in [-0.4, -0.2) is 26.2 Å². The lowest BCUT2D eigenvalue weighted by atomic mass is 10.2. The third-order valence-corrected chi connectivity index (χ3v) is 4.48. The molecule has 0 bridgehead atoms. The van der Waals surface area contributed by atoms with Gasteiger partial charge in [-0.1, -0.05) is 12.1 Å². The number of rotatable bonds is 5. The normalized spacial score (nSPS) is 10.6. The molecule has 3 N–H and O–H groups in total. The van der Waals surface area contributed by atoms with E-state index >= 15 is 0 Å². The molecule has 0 saturated heterocycles. The number of guanidine groups is 1. The molecule has 0 spiro atoms. The fourth-order valence-electron chi connectivity index (χ4n) is 2.03. The minimum Gasteiger partial charge on any atom is -0.453 e. The van der Waals surface area contributed by atoms with Crippen LogP contribution in [0.2, 0.25) is 0 Å². The van der Waals surface area contributed by atoms with Crippen molar-refractivity contribution in [1.29, 1.82) is 0 Å². The zero-order chi connectivity index (χ0) is 17.4. The molecule has 1 amide bonds. The van der Waals surface area contributed by atoms with Crippen molar-refractivity contribution in [3.8, 4) is 0 Å². The molecule has 0 aliphatic heterocycles. The molecule has 2 aromatic rings. The molecule has 0 unspecified atom stereocenters. The smallest absolute Gasteiger partial charge is 0.411 e. The number of methoxy groups -OCH3 is 1. The van der Waals surface area contributed by atoms with Gasteiger partial charge in [-0.25, -0.2) is 4.79 Å². The number of carbonyl (C=O) groups excluding carboxylic acids is 1. The van der Waals surface area contributed by atoms with Crippen LogP contribution in [0, 0.1) is 6.92 Å². The highest BCUT2D eigenvalue weighted by Crippen LogP contribution is 2.14. The van der Waals surface area contributed by atoms with E-state index in [0.29, 0.717) is 12.2 Å². The monoisotopic (exact) mass is 474 g/mol. The van der Waals surface area contributed by atoms with E-state index in [9.17, 15) is 4.79 Å². The number of halogens is 1. The molecule has 1 heterocycles. The molecule has 0 radical (unpaired) electrons. The Morgan fingerprint density at radius 2 is 1.84 bits per heavy atom. The number of hydrogen-bond donors (Lipinski definition) is 3. The average Bonchev–Trinajstić information content (AvgIpc) is 3.01. The highest BCUT2D eigenvalue weighted by atomic mass is 127. The first-order valence-corrected chi connectivity index (χ1v) is 8.41. The van der Waals surface area contributed by atoms with Crippen LogP contribution in [0.1, 0.15) is 16.0 Å². The number of benzene rings is 1. The van der Waals surface area contributed by atoms with E-state index in [1.807, 2.05) is 24.3 Å². The first-order chi connectivity index (χ1) is 11.6. The Hall–Kier alpha value is -1.81. The third kappa shape index (κ3) is 6.91. The number of nitrogens with one attached hydrogen (secondary N) is 3. The van der Waals surface area contributed by atoms with Crippen LogP contribution in [0.25, 0.3) is 0 Å². The summed E-state index contributed by atoms with van der Waals surface area (Å²) in [7, 11) is 3.09. The fraction of sp³-hybridized carbons (Fsp3) is 0.294. The first kappa shape index (κ1) is 21.2. The van der Waals surface area contributed by atoms with Gasteiger partial charge in [0.1, 0.15) is 0 Å². The van der Waals surface area contributed by atoms with Gasteiger partial charge in [0.2, 0.25) is 0 Å². The Kier molecular flexibility index (Phi) is 9.28. The van der Waals surface area contributed by atoms with Crippen molar-refractivity contribution in [1.82, 2.24) is 10.6 Å². The van der Waals surface area contributed by atoms with Crippen LogP contribution in [0.15, 0.2) is 40.7 Å². The maximum absolute atomic E-state index is 11.1. The van der Waals surface area contributed by atoms with Crippen molar-refractivity contribution < 1.29 is 9.53 Å². The quantitative estimate of drug-likeness (QED) is 0.351. The zero-order valence-electron chi connectivity index (χ0n) is 14.5. The van der Waals surface area contributed by atoms with E-state index < -0.39 is 6.09 Å². The maximum Gasteiger partial charge on any atom is 0.411 e. The van der Waals surface area contributed by atoms with Crippen molar-refractivity contribution in [2.24, 2.45) is 4.99 Å². The van der Waals surface area contributed by atoms with Gasteiger partial charge in [-0.15, -0.1) is 35.3 Å². The Bertz CT molecular complexity index is 701. The van der Waals surface area contributed by atoms with Gasteiger partial charge in [0.25, 0.3) is 0 Å². The lowest BCUT2D eigenvalue weighted by molar-refractivity contribution is 0.187. The molecule has 25 heavy (non-hydrogen) atoms. The van der Waals surface area contributed by atoms with Gasteiger partial charge in [-0.05, 0) is 41.6 Å². The first-order valence-electron chi connectivity index (χ1n) is 7.53. The van der Waals surface area contributed by atoms with Crippen LogP contribution in [-0.2, 0) is 17.8 Å². The van der Waals surface area contributed by atoms with Crippen molar-refractivity contribution in [3.63, 3.8) is 0 Å². The molecule has 0 fully saturated rings. The molecule has 1 aromatic heterocycles. The lowest BCUT2D eigenvalue weighted by Crippen LogP contribution is -2.36. The van der Waals surface area contributed by atoms with Crippen LogP contribution < -0.4 is 16.0 Å². The minimum absolute atomic E-state index is 0. The van der Waals surface area contributed by atoms with E-state index in [2.05, 4.69) is 44.0 Å². The molecule has 8 heteroatoms. The highest BCUT2D eigenvalue weighted by molar-refractivity contribution is 14.0. The summed E-state index contributed by atoms with van der Waals surface area (Å²) in [4.78, 5) is 16.7. The Labute approximate surface area is 169 Å². The summed E-state index contributed by atoms with van der Waals surface area (Å²) >= 11 is 1.73. The van der Waals surface area contributed by atoms with Crippen molar-refractivity contribution in [3.05, 3.63) is 51.7 Å². The second-order valence-electron chi connectivity index (χ2n) is 5.12. The SMILES string of the molecule is CN=C(NCc1ccc(NC(=O)OC)cc1)NCc1sccc1C.I. The van der Waals surface area contributed by atoms with Crippen LogP contribution in [0.3, 0.4) is 0 Å². The van der Waals surface area contributed by atoms with Gasteiger partial charge >= 0.3 is 6.09 Å². The van der Waals surface area contributed by atoms with Gasteiger partial charge in [0.05, 0.1) is 13.7 Å². The van der Waals surface area contributed by atoms with E-state index in [0.717, 1.165) is 18.1 Å². The average molecular weight is 474 g/mol. The molecule has 1 aromatic carbocycles. The number of amides is 1. The van der Waals surface area contributed by atoms with E-state index in [1.54, 1.807) is 18.4 Å². The predicted octanol–water partition coefficient (Wildman–Crippen LogP) is 3.72. The highest BCUT2D eigenvalue weighted by Gasteiger charge is 2.03. The topological polar surface area (TPSA) is 74.8 Å². The van der Waals surface area contributed by atoms with Crippen LogP contribution >= 0.6 is 35.3 Å². The summed E-state index contributed by atoms with van der Waals surface area (Å²) in [6.45, 7) is 3.50. The third-order valence-electron chi connectivity index (χ3n) is 3.45. The van der Waals surface area contributed by atoms with E-state index in [1.165, 1.54) is 17.6 Å². The molecule has 0 atom stereocenters. The molecule has 0 saturated carbocycles. The number of anilines is 1. The molecular weight excluding hydrogens is 451 g/mol. The summed E-state index contributed by atoms with van der Waals surface area (Å²) in [5.41, 5.74) is 3.07. The number of ether oxygens (including phenoxy) is 1. The second-order valence-corrected chi connectivity index (χ2v) is 6.12. The summed E-state index contributed by atoms with van der Waals surface area (Å²) in [5.74, 6) is 0.750. The Morgan fingerprint density at radius 1 is 1.16 bits per heavy atom. The summed E-state index contributed by atoms with van der Waals surface area (Å²) < 4.78 is 4.56. The number of thiophene rings is 1. The van der Waals surface area contributed by atoms with Crippen LogP contribution in [0.4, 0.5) is 10.5 Å². The Balaban J connectivity index is 0.00000312. The van der Waals surface area contributed by atoms with Gasteiger partial charge in [-0.2, -0.15) is 0 Å². The number of carbonyl (C=O) groups is 1. The van der Waals surface area contributed by atoms with Crippen LogP contribution in [0.5, 0.6) is 0 Å². The number of aliphatic imine (C=N–C) groups is 1. The molecule has 6 nitrogen and oxygen atoms in total. The second kappa shape index (κ2) is 10.9. The Morgan fingerprint density at radius 3 is 2.40 bits per heavy atom. The standard InChI is InChI=1S/C17H22N4O2S.HI/c1-12-8-9-24-15(12)11-20-16(18-2)19-10-13-4-6-14(7-5-13)21-17(22)23-3;/h4-9H,10-11H2,1-3H3,(H,21,22)(H2,18,19,20);1H. The number of aryl methyl sites for hydroxylation is 1. The van der Waals surface area contributed by atoms with Gasteiger partial charge in [-0.3, -0.25) is 10.3 Å². The minimum atomic E-state index is -0.477. The summed E-state index contributed by atoms with van der Waals surface area (Å²) in [6, 6.07) is 9.66. The number of nitrogens with zero attached hydrogens (tertiary/aromatic N) is 1. The van der Waals surface area contributed by atoms with Gasteiger partial charge in [0.15, 0.2) is 5.96 Å². The van der Waals surface area contributed by atoms with Gasteiger partial charge in [0, 0.05) is 24.2 Å². The largest absolute Gasteiger partial charge is 0.453 e. The lowest BCUT2D eigenvalue weighted by Gasteiger charge is -2.12. The molecule has 136 valence electrons. The summed E-state index contributed by atoms with van der Waals surface area (Å²) in [6.07, 6.45) is -0.477. The fourth-order valence-corrected chi connectivity index (χ4v) is 2.88. The molecular formula is C17H23IN4O2S. The molecule has 0 aliphatic carbocycles. The maximum atomic E-state index is 11.1. The van der Waals surface area contributed by atoms with Crippen molar-refractivity contribution in [2.75, 3.05) is 19.5 Å². The molecule has 2 rings (SSSR count). The molecule has 0 aliphatic rings. The summed E-state index contributed by atoms with van der Waals surface area (Å²) in [5, 5.41) is 11.3. The zero-order valence-corrected chi connectivity index (χ0v) is 17.6. The van der Waals surface area contributed by atoms with E-state index in [4.69, 9.17) is 0 Å².